The summed E-state index contributed by atoms with van der Waals surface area (Å²) in [6.07, 6.45) is 0.841. The number of nitrogens with two attached hydrogens (primary N) is 3. The highest BCUT2D eigenvalue weighted by atomic mass is 32.2. The first-order valence-electron chi connectivity index (χ1n) is 13.9. The first kappa shape index (κ1) is 34.3. The molecule has 0 aliphatic carbocycles. The highest BCUT2D eigenvalue weighted by Crippen LogP contribution is 2.24. The second kappa shape index (κ2) is 16.0. The third-order valence-corrected chi connectivity index (χ3v) is 8.41. The Morgan fingerprint density at radius 1 is 0.955 bits per heavy atom. The van der Waals surface area contributed by atoms with Crippen LogP contribution in [0.5, 0.6) is 0 Å². The van der Waals surface area contributed by atoms with E-state index in [0.29, 0.717) is 11.9 Å². The molecule has 0 fully saturated rings. The standard InChI is InChI=1S/C29H37N7O6S2/c1-44(41,42)36-20(13-14-25(30)38)23(37)17-19(16-18-8-3-2-4-9-18)27(40)34-22(11-7-15-33-29(31)32)26(39)28-35-21-10-5-6-12-24(21)43-28/h2-6,8-10,12,19-20,22,36H,7,11,13-17H2,1H3,(H2,30,38)(H,34,40)(H4,31,32,33)/t19-,20+,22-/m1/s1. The molecule has 0 unspecified atom stereocenters. The Hall–Kier alpha value is -4.21. The Morgan fingerprint density at radius 3 is 2.27 bits per heavy atom. The minimum absolute atomic E-state index is 0.0990. The molecule has 13 nitrogen and oxygen atoms in total. The number of hydrogen-bond donors (Lipinski definition) is 5. The maximum absolute atomic E-state index is 13.8. The number of rotatable bonds is 18. The van der Waals surface area contributed by atoms with Crippen LogP contribution < -0.4 is 27.2 Å². The first-order chi connectivity index (χ1) is 20.8. The number of aromatic nitrogens is 1. The summed E-state index contributed by atoms with van der Waals surface area (Å²) in [5.74, 6) is -3.32. The van der Waals surface area contributed by atoms with Gasteiger partial charge >= 0.3 is 0 Å². The summed E-state index contributed by atoms with van der Waals surface area (Å²) in [6, 6.07) is 14.0. The third-order valence-electron chi connectivity index (χ3n) is 6.65. The average Bonchev–Trinajstić information content (AvgIpc) is 3.40. The van der Waals surface area contributed by atoms with E-state index in [9.17, 15) is 27.6 Å². The van der Waals surface area contributed by atoms with Crippen molar-refractivity contribution >= 4 is 60.9 Å². The molecule has 3 atom stereocenters. The molecule has 1 heterocycles. The van der Waals surface area contributed by atoms with E-state index in [1.54, 1.807) is 30.3 Å². The van der Waals surface area contributed by atoms with Crippen molar-refractivity contribution in [3.8, 4) is 0 Å². The smallest absolute Gasteiger partial charge is 0.224 e. The van der Waals surface area contributed by atoms with Crippen LogP contribution in [0.15, 0.2) is 59.6 Å². The van der Waals surface area contributed by atoms with Gasteiger partial charge < -0.3 is 22.5 Å². The molecular formula is C29H37N7O6S2. The second-order valence-corrected chi connectivity index (χ2v) is 13.2. The van der Waals surface area contributed by atoms with Gasteiger partial charge in [0.25, 0.3) is 0 Å². The number of ketones is 2. The summed E-state index contributed by atoms with van der Waals surface area (Å²) in [4.78, 5) is 60.6. The fourth-order valence-electron chi connectivity index (χ4n) is 4.56. The average molecular weight is 644 g/mol. The molecule has 1 aromatic heterocycles. The lowest BCUT2D eigenvalue weighted by Gasteiger charge is -2.23. The van der Waals surface area contributed by atoms with Gasteiger partial charge in [-0.25, -0.2) is 18.1 Å². The number of fused-ring (bicyclic) bond motifs is 1. The van der Waals surface area contributed by atoms with Gasteiger partial charge in [-0.2, -0.15) is 0 Å². The Kier molecular flexibility index (Phi) is 12.5. The Morgan fingerprint density at radius 2 is 1.64 bits per heavy atom. The van der Waals surface area contributed by atoms with Crippen molar-refractivity contribution in [2.24, 2.45) is 28.1 Å². The van der Waals surface area contributed by atoms with E-state index in [4.69, 9.17) is 17.2 Å². The number of nitrogens with one attached hydrogen (secondary N) is 2. The monoisotopic (exact) mass is 643 g/mol. The number of guanidine groups is 1. The minimum Gasteiger partial charge on any atom is -0.370 e. The molecule has 3 rings (SSSR count). The van der Waals surface area contributed by atoms with Gasteiger partial charge in [0.1, 0.15) is 0 Å². The fraction of sp³-hybridized carbons (Fsp3) is 0.379. The zero-order chi connectivity index (χ0) is 32.3. The number of amides is 2. The van der Waals surface area contributed by atoms with Gasteiger partial charge in [-0.3, -0.25) is 24.2 Å². The topological polar surface area (TPSA) is 230 Å². The number of hydrogen-bond acceptors (Lipinski definition) is 9. The predicted molar refractivity (Wildman–Crippen MR) is 169 cm³/mol. The SMILES string of the molecule is CS(=O)(=O)N[C@@H](CCC(N)=O)C(=O)C[C@@H](Cc1ccccc1)C(=O)N[C@H](CCCN=C(N)N)C(=O)c1nc2ccccc2s1. The zero-order valence-corrected chi connectivity index (χ0v) is 25.9. The van der Waals surface area contributed by atoms with Crippen LogP contribution in [0.3, 0.4) is 0 Å². The number of thiazole rings is 1. The lowest BCUT2D eigenvalue weighted by Crippen LogP contribution is -2.46. The number of nitrogens with zero attached hydrogens (tertiary/aromatic N) is 2. The van der Waals surface area contributed by atoms with E-state index in [-0.39, 0.29) is 49.6 Å². The minimum atomic E-state index is -3.82. The lowest BCUT2D eigenvalue weighted by atomic mass is 9.90. The third kappa shape index (κ3) is 11.1. The number of primary amides is 1. The maximum Gasteiger partial charge on any atom is 0.224 e. The van der Waals surface area contributed by atoms with Crippen molar-refractivity contribution in [2.75, 3.05) is 12.8 Å². The molecule has 2 aromatic carbocycles. The summed E-state index contributed by atoms with van der Waals surface area (Å²) in [5, 5.41) is 3.03. The van der Waals surface area contributed by atoms with Crippen LogP contribution in [0, 0.1) is 5.92 Å². The van der Waals surface area contributed by atoms with Gasteiger partial charge in [0.05, 0.1) is 28.6 Å². The number of Topliss-reactive ketones (excluding diaryl/α,β-unsaturated/α-hetero) is 2. The first-order valence-corrected chi connectivity index (χ1v) is 16.6. The van der Waals surface area contributed by atoms with E-state index in [1.807, 2.05) is 24.3 Å². The molecule has 0 aliphatic heterocycles. The molecule has 15 heteroatoms. The van der Waals surface area contributed by atoms with Crippen LogP contribution in [-0.2, 0) is 30.8 Å². The molecule has 0 bridgehead atoms. The van der Waals surface area contributed by atoms with E-state index in [2.05, 4.69) is 20.0 Å². The number of carbonyl (C=O) groups is 4. The molecule has 8 N–H and O–H groups in total. The van der Waals surface area contributed by atoms with E-state index in [1.165, 1.54) is 11.3 Å². The highest BCUT2D eigenvalue weighted by Gasteiger charge is 2.32. The normalized spacial score (nSPS) is 13.5. The van der Waals surface area contributed by atoms with Gasteiger partial charge in [0.2, 0.25) is 27.6 Å². The van der Waals surface area contributed by atoms with Crippen LogP contribution in [-0.4, -0.2) is 67.6 Å². The van der Waals surface area contributed by atoms with Gasteiger partial charge in [-0.05, 0) is 43.4 Å². The van der Waals surface area contributed by atoms with Crippen LogP contribution >= 0.6 is 11.3 Å². The van der Waals surface area contributed by atoms with Crippen molar-refractivity contribution in [3.63, 3.8) is 0 Å². The van der Waals surface area contributed by atoms with Crippen LogP contribution in [0.4, 0.5) is 0 Å². The van der Waals surface area contributed by atoms with Gasteiger partial charge in [-0.15, -0.1) is 11.3 Å². The molecule has 236 valence electrons. The van der Waals surface area contributed by atoms with E-state index >= 15 is 0 Å². The molecule has 3 aromatic rings. The van der Waals surface area contributed by atoms with Crippen LogP contribution in [0.1, 0.15) is 47.5 Å². The maximum atomic E-state index is 13.8. The molecule has 0 spiro atoms. The van der Waals surface area contributed by atoms with Gasteiger partial charge in [-0.1, -0.05) is 42.5 Å². The molecule has 0 saturated carbocycles. The number of sulfonamides is 1. The molecule has 0 aliphatic rings. The second-order valence-electron chi connectivity index (χ2n) is 10.4. The number of benzene rings is 2. The number of carbonyl (C=O) groups excluding carboxylic acids is 4. The highest BCUT2D eigenvalue weighted by molar-refractivity contribution is 7.88. The van der Waals surface area contributed by atoms with Gasteiger partial charge in [0.15, 0.2) is 16.8 Å². The van der Waals surface area contributed by atoms with Crippen molar-refractivity contribution in [1.82, 2.24) is 15.0 Å². The summed E-state index contributed by atoms with van der Waals surface area (Å²) >= 11 is 1.21. The summed E-state index contributed by atoms with van der Waals surface area (Å²) < 4.78 is 27.0. The number of para-hydroxylation sites is 1. The largest absolute Gasteiger partial charge is 0.370 e. The van der Waals surface area contributed by atoms with Gasteiger partial charge in [0, 0.05) is 25.3 Å². The van der Waals surface area contributed by atoms with Crippen molar-refractivity contribution in [2.45, 2.75) is 50.6 Å². The predicted octanol–water partition coefficient (Wildman–Crippen LogP) is 1.02. The van der Waals surface area contributed by atoms with E-state index < -0.39 is 51.4 Å². The number of aliphatic imine (C=N–C) groups is 1. The lowest BCUT2D eigenvalue weighted by molar-refractivity contribution is -0.130. The Bertz CT molecular complexity index is 1570. The fourth-order valence-corrected chi connectivity index (χ4v) is 6.29. The van der Waals surface area contributed by atoms with Crippen LogP contribution in [0.25, 0.3) is 10.2 Å². The zero-order valence-electron chi connectivity index (χ0n) is 24.3. The summed E-state index contributed by atoms with van der Waals surface area (Å²) in [7, 11) is -3.82. The Balaban J connectivity index is 1.88. The molecule has 0 radical (unpaired) electrons. The quantitative estimate of drug-likeness (QED) is 0.0576. The molecule has 2 amide bonds. The van der Waals surface area contributed by atoms with Crippen LogP contribution in [0.2, 0.25) is 0 Å². The molecular weight excluding hydrogens is 606 g/mol. The summed E-state index contributed by atoms with van der Waals surface area (Å²) in [5.41, 5.74) is 17.5. The molecule has 0 saturated heterocycles. The van der Waals surface area contributed by atoms with Crippen molar-refractivity contribution in [3.05, 3.63) is 65.2 Å². The summed E-state index contributed by atoms with van der Waals surface area (Å²) in [6.45, 7) is 0.229. The van der Waals surface area contributed by atoms with Crippen molar-refractivity contribution in [1.29, 1.82) is 0 Å². The Labute approximate surface area is 259 Å². The van der Waals surface area contributed by atoms with Crippen molar-refractivity contribution < 1.29 is 27.6 Å². The molecule has 44 heavy (non-hydrogen) atoms. The van der Waals surface area contributed by atoms with E-state index in [0.717, 1.165) is 16.5 Å².